The Morgan fingerprint density at radius 3 is 2.77 bits per heavy atom. The zero-order valence-corrected chi connectivity index (χ0v) is 16.7. The summed E-state index contributed by atoms with van der Waals surface area (Å²) >= 11 is 0. The van der Waals surface area contributed by atoms with Crippen LogP contribution >= 0.6 is 0 Å². The Morgan fingerprint density at radius 1 is 1.30 bits per heavy atom. The van der Waals surface area contributed by atoms with E-state index in [1.165, 1.54) is 4.90 Å². The van der Waals surface area contributed by atoms with Gasteiger partial charge in [-0.2, -0.15) is 5.10 Å². The summed E-state index contributed by atoms with van der Waals surface area (Å²) < 4.78 is 1.78. The van der Waals surface area contributed by atoms with Crippen molar-refractivity contribution in [1.82, 2.24) is 25.3 Å². The molecular formula is C21H25N5O4. The van der Waals surface area contributed by atoms with Gasteiger partial charge in [0.15, 0.2) is 0 Å². The second-order valence-electron chi connectivity index (χ2n) is 7.66. The van der Waals surface area contributed by atoms with Crippen LogP contribution in [0.5, 0.6) is 0 Å². The van der Waals surface area contributed by atoms with E-state index in [1.807, 2.05) is 37.3 Å². The number of hydrogen-bond acceptors (Lipinski definition) is 5. The number of hydrogen-bond donors (Lipinski definition) is 3. The predicted octanol–water partition coefficient (Wildman–Crippen LogP) is 0.0148. The fourth-order valence-corrected chi connectivity index (χ4v) is 4.18. The fraction of sp³-hybridized carbons (Fsp3) is 0.429. The quantitative estimate of drug-likeness (QED) is 0.619. The average Bonchev–Trinajstić information content (AvgIpc) is 3.36. The molecule has 158 valence electrons. The summed E-state index contributed by atoms with van der Waals surface area (Å²) in [6, 6.07) is 7.76. The molecular weight excluding hydrogens is 386 g/mol. The predicted molar refractivity (Wildman–Crippen MR) is 108 cm³/mol. The lowest BCUT2D eigenvalue weighted by molar-refractivity contribution is -0.148. The third kappa shape index (κ3) is 3.56. The monoisotopic (exact) mass is 411 g/mol. The summed E-state index contributed by atoms with van der Waals surface area (Å²) in [4.78, 5) is 39.1. The van der Waals surface area contributed by atoms with Crippen molar-refractivity contribution < 1.29 is 19.5 Å². The molecule has 2 aliphatic heterocycles. The largest absolute Gasteiger partial charge is 0.394 e. The normalized spacial score (nSPS) is 23.3. The third-order valence-electron chi connectivity index (χ3n) is 5.62. The molecule has 3 N–H and O–H groups in total. The molecule has 0 bridgehead atoms. The molecule has 2 aliphatic rings. The summed E-state index contributed by atoms with van der Waals surface area (Å²) in [6.07, 6.45) is 3.46. The maximum absolute atomic E-state index is 13.0. The Labute approximate surface area is 174 Å². The van der Waals surface area contributed by atoms with Gasteiger partial charge < -0.3 is 20.6 Å². The van der Waals surface area contributed by atoms with Crippen LogP contribution < -0.4 is 10.6 Å². The molecule has 2 saturated heterocycles. The van der Waals surface area contributed by atoms with Gasteiger partial charge in [0.05, 0.1) is 29.7 Å². The van der Waals surface area contributed by atoms with Crippen LogP contribution in [0.25, 0.3) is 5.69 Å². The van der Waals surface area contributed by atoms with Gasteiger partial charge in [0.1, 0.15) is 12.1 Å². The summed E-state index contributed by atoms with van der Waals surface area (Å²) in [5.41, 5.74) is 2.20. The highest BCUT2D eigenvalue weighted by Gasteiger charge is 2.46. The number of nitrogens with zero attached hydrogens (tertiary/aromatic N) is 3. The number of aromatic nitrogens is 2. The van der Waals surface area contributed by atoms with Crippen molar-refractivity contribution in [2.45, 2.75) is 44.3 Å². The second kappa shape index (κ2) is 8.27. The van der Waals surface area contributed by atoms with Gasteiger partial charge in [-0.25, -0.2) is 4.68 Å². The first-order valence-electron chi connectivity index (χ1n) is 10.2. The number of carbonyl (C=O) groups excluding carboxylic acids is 3. The van der Waals surface area contributed by atoms with Crippen molar-refractivity contribution in [1.29, 1.82) is 0 Å². The van der Waals surface area contributed by atoms with Gasteiger partial charge in [-0.3, -0.25) is 14.4 Å². The van der Waals surface area contributed by atoms with Crippen LogP contribution in [-0.4, -0.2) is 68.8 Å². The Balaban J connectivity index is 1.52. The lowest BCUT2D eigenvalue weighted by Gasteiger charge is -2.33. The van der Waals surface area contributed by atoms with Gasteiger partial charge in [0, 0.05) is 12.6 Å². The Hall–Kier alpha value is -3.20. The van der Waals surface area contributed by atoms with Crippen molar-refractivity contribution in [3.05, 3.63) is 47.8 Å². The SMILES string of the molecule is CCCc1c(C(=O)N[C@H]2C[C@H]3C(=O)N[C@H](CO)C(=O)N3C2)cnn1-c1ccccc1. The number of aliphatic hydroxyl groups excluding tert-OH is 1. The molecule has 3 atom stereocenters. The van der Waals surface area contributed by atoms with Gasteiger partial charge in [0.25, 0.3) is 5.91 Å². The highest BCUT2D eigenvalue weighted by Crippen LogP contribution is 2.24. The number of amides is 3. The Morgan fingerprint density at radius 2 is 2.07 bits per heavy atom. The molecule has 1 aromatic carbocycles. The minimum absolute atomic E-state index is 0.245. The molecule has 2 aromatic rings. The molecule has 3 heterocycles. The van der Waals surface area contributed by atoms with Crippen LogP contribution in [0.15, 0.2) is 36.5 Å². The highest BCUT2D eigenvalue weighted by atomic mass is 16.3. The molecule has 0 saturated carbocycles. The van der Waals surface area contributed by atoms with E-state index >= 15 is 0 Å². The number of fused-ring (bicyclic) bond motifs is 1. The second-order valence-corrected chi connectivity index (χ2v) is 7.66. The molecule has 0 aliphatic carbocycles. The van der Waals surface area contributed by atoms with Crippen LogP contribution in [0.3, 0.4) is 0 Å². The highest BCUT2D eigenvalue weighted by molar-refractivity contribution is 5.98. The lowest BCUT2D eigenvalue weighted by Crippen LogP contribution is -2.62. The number of rotatable bonds is 6. The van der Waals surface area contributed by atoms with E-state index in [-0.39, 0.29) is 30.3 Å². The van der Waals surface area contributed by atoms with Crippen LogP contribution in [0.1, 0.15) is 35.8 Å². The van der Waals surface area contributed by atoms with Gasteiger partial charge in [-0.15, -0.1) is 0 Å². The molecule has 3 amide bonds. The standard InChI is InChI=1S/C21H25N5O4/c1-2-6-17-15(10-22-26(17)14-7-4-3-5-8-14)19(28)23-13-9-18-20(29)24-16(12-27)21(30)25(18)11-13/h3-5,7-8,10,13,16,18,27H,2,6,9,11-12H2,1H3,(H,23,28)(H,24,29)/t13-,16+,18-/m0/s1. The lowest BCUT2D eigenvalue weighted by atomic mass is 10.1. The van der Waals surface area contributed by atoms with Crippen LogP contribution in [-0.2, 0) is 16.0 Å². The molecule has 0 unspecified atom stereocenters. The molecule has 4 rings (SSSR count). The Kier molecular flexibility index (Phi) is 5.54. The van der Waals surface area contributed by atoms with Crippen molar-refractivity contribution in [3.8, 4) is 5.69 Å². The van der Waals surface area contributed by atoms with Gasteiger partial charge >= 0.3 is 0 Å². The average molecular weight is 411 g/mol. The van der Waals surface area contributed by atoms with Crippen molar-refractivity contribution in [3.63, 3.8) is 0 Å². The molecule has 0 spiro atoms. The van der Waals surface area contributed by atoms with E-state index in [4.69, 9.17) is 0 Å². The molecule has 9 heteroatoms. The van der Waals surface area contributed by atoms with E-state index in [2.05, 4.69) is 15.7 Å². The topological polar surface area (TPSA) is 117 Å². The van der Waals surface area contributed by atoms with Crippen LogP contribution in [0.2, 0.25) is 0 Å². The van der Waals surface area contributed by atoms with Gasteiger partial charge in [-0.1, -0.05) is 31.5 Å². The molecule has 1 aromatic heterocycles. The summed E-state index contributed by atoms with van der Waals surface area (Å²) in [5.74, 6) is -0.881. The smallest absolute Gasteiger partial charge is 0.255 e. The molecule has 0 radical (unpaired) electrons. The first-order chi connectivity index (χ1) is 14.5. The van der Waals surface area contributed by atoms with Crippen molar-refractivity contribution >= 4 is 17.7 Å². The van der Waals surface area contributed by atoms with Gasteiger partial charge in [0.2, 0.25) is 11.8 Å². The Bertz CT molecular complexity index is 958. The minimum atomic E-state index is -0.913. The first-order valence-corrected chi connectivity index (χ1v) is 10.2. The van der Waals surface area contributed by atoms with E-state index in [9.17, 15) is 19.5 Å². The number of benzene rings is 1. The van der Waals surface area contributed by atoms with Crippen molar-refractivity contribution in [2.24, 2.45) is 0 Å². The fourth-order valence-electron chi connectivity index (χ4n) is 4.18. The maximum atomic E-state index is 13.0. The number of aliphatic hydroxyl groups is 1. The van der Waals surface area contributed by atoms with Crippen LogP contribution in [0.4, 0.5) is 0 Å². The van der Waals surface area contributed by atoms with E-state index in [0.717, 1.165) is 17.8 Å². The third-order valence-corrected chi connectivity index (χ3v) is 5.62. The maximum Gasteiger partial charge on any atom is 0.255 e. The zero-order valence-electron chi connectivity index (χ0n) is 16.7. The van der Waals surface area contributed by atoms with E-state index < -0.39 is 18.7 Å². The van der Waals surface area contributed by atoms with Crippen molar-refractivity contribution in [2.75, 3.05) is 13.2 Å². The molecule has 30 heavy (non-hydrogen) atoms. The number of para-hydroxylation sites is 1. The van der Waals surface area contributed by atoms with Gasteiger partial charge in [-0.05, 0) is 25.0 Å². The minimum Gasteiger partial charge on any atom is -0.394 e. The number of piperazine rings is 1. The molecule has 2 fully saturated rings. The summed E-state index contributed by atoms with van der Waals surface area (Å²) in [6.45, 7) is 1.85. The number of carbonyl (C=O) groups is 3. The summed E-state index contributed by atoms with van der Waals surface area (Å²) in [7, 11) is 0. The van der Waals surface area contributed by atoms with Crippen LogP contribution in [0, 0.1) is 0 Å². The van der Waals surface area contributed by atoms with E-state index in [0.29, 0.717) is 18.4 Å². The first kappa shape index (κ1) is 20.1. The zero-order chi connectivity index (χ0) is 21.3. The number of nitrogens with one attached hydrogen (secondary N) is 2. The molecule has 9 nitrogen and oxygen atoms in total. The van der Waals surface area contributed by atoms with E-state index in [1.54, 1.807) is 10.9 Å². The summed E-state index contributed by atoms with van der Waals surface area (Å²) in [5, 5.41) is 19.2.